The Hall–Kier alpha value is -3.52. The number of aliphatic carboxylic acids is 2. The Bertz CT molecular complexity index is 860. The van der Waals surface area contributed by atoms with E-state index in [1.807, 2.05) is 0 Å². The van der Waals surface area contributed by atoms with Crippen molar-refractivity contribution in [2.75, 3.05) is 6.54 Å². The van der Waals surface area contributed by atoms with Crippen molar-refractivity contribution < 1.29 is 34.2 Å². The summed E-state index contributed by atoms with van der Waals surface area (Å²) in [7, 11) is 0. The van der Waals surface area contributed by atoms with Crippen LogP contribution in [0, 0.1) is 5.92 Å². The van der Waals surface area contributed by atoms with E-state index in [-0.39, 0.29) is 12.8 Å². The van der Waals surface area contributed by atoms with E-state index >= 15 is 0 Å². The largest absolute Gasteiger partial charge is 0.481 e. The number of nitrogens with two attached hydrogens (primary N) is 2. The third kappa shape index (κ3) is 10.5. The standard InChI is InChI=1S/C21H35N7O7/c1-11(2)17(21(34)35)28-20(33)15(8-16(29)30)27-19(32)14(5-3-4-6-22)26-18(31)13(23)7-12-9-24-10-25-12/h9-11,13-15,17H,3-8,22-23H2,1-2H3,(H,24,25)(H,26,31)(H,27,32)(H,28,33)(H,29,30)(H,34,35). The van der Waals surface area contributed by atoms with Crippen molar-refractivity contribution in [1.82, 2.24) is 25.9 Å². The van der Waals surface area contributed by atoms with Gasteiger partial charge in [-0.3, -0.25) is 19.2 Å². The van der Waals surface area contributed by atoms with Crippen molar-refractivity contribution in [3.8, 4) is 0 Å². The lowest BCUT2D eigenvalue weighted by Gasteiger charge is -2.25. The van der Waals surface area contributed by atoms with Crippen molar-refractivity contribution in [3.05, 3.63) is 18.2 Å². The average molecular weight is 498 g/mol. The monoisotopic (exact) mass is 497 g/mol. The molecule has 0 radical (unpaired) electrons. The molecule has 0 fully saturated rings. The molecule has 0 aliphatic rings. The minimum Gasteiger partial charge on any atom is -0.481 e. The number of carbonyl (C=O) groups excluding carboxylic acids is 3. The number of unbranched alkanes of at least 4 members (excludes halogenated alkanes) is 1. The summed E-state index contributed by atoms with van der Waals surface area (Å²) in [4.78, 5) is 67.6. The molecule has 0 saturated carbocycles. The number of imidazole rings is 1. The number of nitrogens with one attached hydrogen (secondary N) is 4. The smallest absolute Gasteiger partial charge is 0.326 e. The lowest BCUT2D eigenvalue weighted by molar-refractivity contribution is -0.144. The fraction of sp³-hybridized carbons (Fsp3) is 0.619. The summed E-state index contributed by atoms with van der Waals surface area (Å²) in [5.41, 5.74) is 12.1. The van der Waals surface area contributed by atoms with Gasteiger partial charge in [-0.1, -0.05) is 13.8 Å². The lowest BCUT2D eigenvalue weighted by atomic mass is 10.0. The Balaban J connectivity index is 2.95. The number of aromatic nitrogens is 2. The van der Waals surface area contributed by atoms with Crippen LogP contribution in [0.15, 0.2) is 12.5 Å². The van der Waals surface area contributed by atoms with Crippen molar-refractivity contribution >= 4 is 29.7 Å². The van der Waals surface area contributed by atoms with Crippen LogP contribution in [0.4, 0.5) is 0 Å². The molecular weight excluding hydrogens is 462 g/mol. The van der Waals surface area contributed by atoms with Crippen molar-refractivity contribution in [3.63, 3.8) is 0 Å². The number of carbonyl (C=O) groups is 5. The number of amides is 3. The number of H-pyrrole nitrogens is 1. The highest BCUT2D eigenvalue weighted by molar-refractivity contribution is 5.95. The zero-order valence-electron chi connectivity index (χ0n) is 19.8. The third-order valence-electron chi connectivity index (χ3n) is 5.15. The van der Waals surface area contributed by atoms with E-state index < -0.39 is 66.2 Å². The van der Waals surface area contributed by atoms with E-state index in [1.165, 1.54) is 12.5 Å². The molecule has 0 aliphatic carbocycles. The summed E-state index contributed by atoms with van der Waals surface area (Å²) in [5.74, 6) is -5.57. The molecule has 35 heavy (non-hydrogen) atoms. The minimum absolute atomic E-state index is 0.138. The SMILES string of the molecule is CC(C)C(NC(=O)C(CC(=O)O)NC(=O)C(CCCCN)NC(=O)C(N)Cc1cnc[nH]1)C(=O)O. The van der Waals surface area contributed by atoms with Crippen molar-refractivity contribution in [1.29, 1.82) is 0 Å². The quantitative estimate of drug-likeness (QED) is 0.118. The topological polar surface area (TPSA) is 243 Å². The van der Waals surface area contributed by atoms with Crippen molar-refractivity contribution in [2.24, 2.45) is 17.4 Å². The predicted octanol–water partition coefficient (Wildman–Crippen LogP) is -1.92. The zero-order chi connectivity index (χ0) is 26.5. The van der Waals surface area contributed by atoms with Gasteiger partial charge in [0.25, 0.3) is 0 Å². The molecule has 14 heteroatoms. The highest BCUT2D eigenvalue weighted by atomic mass is 16.4. The van der Waals surface area contributed by atoms with Gasteiger partial charge >= 0.3 is 11.9 Å². The van der Waals surface area contributed by atoms with Gasteiger partial charge in [-0.15, -0.1) is 0 Å². The maximum Gasteiger partial charge on any atom is 0.326 e. The van der Waals surface area contributed by atoms with E-state index in [9.17, 15) is 34.2 Å². The molecular formula is C21H35N7O7. The van der Waals surface area contributed by atoms with Crippen LogP contribution in [0.5, 0.6) is 0 Å². The van der Waals surface area contributed by atoms with Crippen LogP contribution >= 0.6 is 0 Å². The molecule has 196 valence electrons. The van der Waals surface area contributed by atoms with Crippen LogP contribution in [0.25, 0.3) is 0 Å². The molecule has 10 N–H and O–H groups in total. The summed E-state index contributed by atoms with van der Waals surface area (Å²) in [6, 6.07) is -4.96. The summed E-state index contributed by atoms with van der Waals surface area (Å²) in [6.45, 7) is 3.50. The Morgan fingerprint density at radius 2 is 1.63 bits per heavy atom. The van der Waals surface area contributed by atoms with Gasteiger partial charge in [0.05, 0.1) is 18.8 Å². The van der Waals surface area contributed by atoms with E-state index in [0.29, 0.717) is 25.1 Å². The molecule has 4 unspecified atom stereocenters. The number of carboxylic acid groups (broad SMARTS) is 2. The first-order valence-electron chi connectivity index (χ1n) is 11.2. The molecule has 1 aromatic heterocycles. The highest BCUT2D eigenvalue weighted by Gasteiger charge is 2.32. The second kappa shape index (κ2) is 14.7. The number of carboxylic acids is 2. The van der Waals surface area contributed by atoms with Gasteiger partial charge < -0.3 is 42.6 Å². The van der Waals surface area contributed by atoms with Crippen molar-refractivity contribution in [2.45, 2.75) is 70.1 Å². The Morgan fingerprint density at radius 3 is 2.14 bits per heavy atom. The van der Waals surface area contributed by atoms with Gasteiger partial charge in [0, 0.05) is 18.3 Å². The molecule has 4 atom stereocenters. The second-order valence-electron chi connectivity index (χ2n) is 8.46. The molecule has 1 rings (SSSR count). The Kier molecular flexibility index (Phi) is 12.4. The highest BCUT2D eigenvalue weighted by Crippen LogP contribution is 2.07. The first-order valence-corrected chi connectivity index (χ1v) is 11.2. The van der Waals surface area contributed by atoms with Gasteiger partial charge in [-0.25, -0.2) is 9.78 Å². The number of nitrogens with zero attached hydrogens (tertiary/aromatic N) is 1. The van der Waals surface area contributed by atoms with E-state index in [0.717, 1.165) is 0 Å². The molecule has 0 aliphatic heterocycles. The van der Waals surface area contributed by atoms with Gasteiger partial charge in [-0.05, 0) is 31.7 Å². The molecule has 1 heterocycles. The first kappa shape index (κ1) is 29.5. The molecule has 0 bridgehead atoms. The number of hydrogen-bond acceptors (Lipinski definition) is 8. The summed E-state index contributed by atoms with van der Waals surface area (Å²) < 4.78 is 0. The van der Waals surface area contributed by atoms with Crippen LogP contribution in [0.2, 0.25) is 0 Å². The third-order valence-corrected chi connectivity index (χ3v) is 5.15. The van der Waals surface area contributed by atoms with Crippen LogP contribution in [0.1, 0.15) is 45.2 Å². The molecule has 1 aromatic rings. The normalized spacial score (nSPS) is 14.4. The zero-order valence-corrected chi connectivity index (χ0v) is 19.8. The number of aromatic amines is 1. The maximum absolute atomic E-state index is 13.0. The summed E-state index contributed by atoms with van der Waals surface area (Å²) in [5, 5.41) is 25.6. The van der Waals surface area contributed by atoms with Crippen LogP contribution in [-0.4, -0.2) is 80.6 Å². The fourth-order valence-electron chi connectivity index (χ4n) is 3.19. The van der Waals surface area contributed by atoms with Crippen LogP contribution in [0.3, 0.4) is 0 Å². The minimum atomic E-state index is -1.56. The summed E-state index contributed by atoms with van der Waals surface area (Å²) in [6.07, 6.45) is 3.49. The summed E-state index contributed by atoms with van der Waals surface area (Å²) >= 11 is 0. The first-order chi connectivity index (χ1) is 16.5. The second-order valence-corrected chi connectivity index (χ2v) is 8.46. The van der Waals surface area contributed by atoms with Gasteiger partial charge in [-0.2, -0.15) is 0 Å². The van der Waals surface area contributed by atoms with Gasteiger partial charge in [0.2, 0.25) is 17.7 Å². The van der Waals surface area contributed by atoms with E-state index in [2.05, 4.69) is 25.9 Å². The van der Waals surface area contributed by atoms with Crippen LogP contribution < -0.4 is 27.4 Å². The number of hydrogen-bond donors (Lipinski definition) is 8. The van der Waals surface area contributed by atoms with E-state index in [4.69, 9.17) is 11.5 Å². The van der Waals surface area contributed by atoms with E-state index in [1.54, 1.807) is 13.8 Å². The molecule has 0 spiro atoms. The number of rotatable bonds is 16. The molecule has 0 aromatic carbocycles. The molecule has 3 amide bonds. The maximum atomic E-state index is 13.0. The fourth-order valence-corrected chi connectivity index (χ4v) is 3.19. The molecule has 14 nitrogen and oxygen atoms in total. The lowest BCUT2D eigenvalue weighted by Crippen LogP contribution is -2.58. The van der Waals surface area contributed by atoms with Crippen LogP contribution in [-0.2, 0) is 30.4 Å². The Labute approximate surface area is 202 Å². The average Bonchev–Trinajstić information content (AvgIpc) is 3.28. The Morgan fingerprint density at radius 1 is 1.00 bits per heavy atom. The predicted molar refractivity (Wildman–Crippen MR) is 124 cm³/mol. The van der Waals surface area contributed by atoms with Gasteiger partial charge in [0.15, 0.2) is 0 Å². The van der Waals surface area contributed by atoms with Gasteiger partial charge in [0.1, 0.15) is 18.1 Å². The molecule has 0 saturated heterocycles.